The lowest BCUT2D eigenvalue weighted by atomic mass is 9.82. The van der Waals surface area contributed by atoms with Crippen molar-refractivity contribution in [2.75, 3.05) is 0 Å². The molecule has 2 N–H and O–H groups in total. The van der Waals surface area contributed by atoms with E-state index in [2.05, 4.69) is 5.32 Å². The molecule has 0 spiro atoms. The smallest absolute Gasteiger partial charge is 0.329 e. The SMILES string of the molecule is Cc1cccc(C(C)(C)C(=O)NC2(C(=O)O)CCCC2)c1. The van der Waals surface area contributed by atoms with E-state index in [0.29, 0.717) is 12.8 Å². The molecule has 0 aromatic heterocycles. The van der Waals surface area contributed by atoms with Crippen molar-refractivity contribution in [3.8, 4) is 0 Å². The van der Waals surface area contributed by atoms with Gasteiger partial charge in [0, 0.05) is 0 Å². The van der Waals surface area contributed by atoms with Crippen LogP contribution >= 0.6 is 0 Å². The maximum atomic E-state index is 12.7. The van der Waals surface area contributed by atoms with Crippen LogP contribution in [0.3, 0.4) is 0 Å². The van der Waals surface area contributed by atoms with Gasteiger partial charge in [-0.25, -0.2) is 4.79 Å². The minimum Gasteiger partial charge on any atom is -0.480 e. The first-order valence-electron chi connectivity index (χ1n) is 7.41. The summed E-state index contributed by atoms with van der Waals surface area (Å²) in [6, 6.07) is 7.78. The lowest BCUT2D eigenvalue weighted by molar-refractivity contribution is -0.148. The molecule has 1 aliphatic carbocycles. The highest BCUT2D eigenvalue weighted by molar-refractivity contribution is 5.93. The molecule has 4 nitrogen and oxygen atoms in total. The van der Waals surface area contributed by atoms with Crippen LogP contribution in [0, 0.1) is 6.92 Å². The number of carbonyl (C=O) groups excluding carboxylic acids is 1. The topological polar surface area (TPSA) is 66.4 Å². The van der Waals surface area contributed by atoms with Gasteiger partial charge >= 0.3 is 5.97 Å². The van der Waals surface area contributed by atoms with Crippen LogP contribution in [0.2, 0.25) is 0 Å². The van der Waals surface area contributed by atoms with Crippen LogP contribution in [-0.4, -0.2) is 22.5 Å². The second-order valence-corrected chi connectivity index (χ2v) is 6.54. The van der Waals surface area contributed by atoms with E-state index in [1.807, 2.05) is 45.0 Å². The van der Waals surface area contributed by atoms with E-state index in [-0.39, 0.29) is 5.91 Å². The number of aliphatic carboxylic acids is 1. The molecular formula is C17H23NO3. The summed E-state index contributed by atoms with van der Waals surface area (Å²) in [5.74, 6) is -1.15. The number of aryl methyl sites for hydroxylation is 1. The van der Waals surface area contributed by atoms with Crippen molar-refractivity contribution in [2.45, 2.75) is 57.4 Å². The molecule has 4 heteroatoms. The van der Waals surface area contributed by atoms with E-state index < -0.39 is 16.9 Å². The molecule has 1 aromatic rings. The van der Waals surface area contributed by atoms with E-state index >= 15 is 0 Å². The molecule has 0 aliphatic heterocycles. The van der Waals surface area contributed by atoms with Gasteiger partial charge in [-0.3, -0.25) is 4.79 Å². The van der Waals surface area contributed by atoms with Gasteiger partial charge in [-0.15, -0.1) is 0 Å². The Bertz CT molecular complexity index is 557. The van der Waals surface area contributed by atoms with E-state index in [9.17, 15) is 14.7 Å². The summed E-state index contributed by atoms with van der Waals surface area (Å²) in [5, 5.41) is 12.3. The summed E-state index contributed by atoms with van der Waals surface area (Å²) in [6.45, 7) is 5.65. The third kappa shape index (κ3) is 2.94. The molecule has 0 bridgehead atoms. The Morgan fingerprint density at radius 1 is 1.24 bits per heavy atom. The van der Waals surface area contributed by atoms with Crippen molar-refractivity contribution in [3.05, 3.63) is 35.4 Å². The maximum absolute atomic E-state index is 12.7. The fourth-order valence-corrected chi connectivity index (χ4v) is 2.91. The summed E-state index contributed by atoms with van der Waals surface area (Å²) in [4.78, 5) is 24.2. The van der Waals surface area contributed by atoms with E-state index in [1.165, 1.54) is 0 Å². The zero-order valence-electron chi connectivity index (χ0n) is 12.9. The van der Waals surface area contributed by atoms with Crippen molar-refractivity contribution in [1.29, 1.82) is 0 Å². The van der Waals surface area contributed by atoms with Gasteiger partial charge in [-0.2, -0.15) is 0 Å². The molecular weight excluding hydrogens is 266 g/mol. The van der Waals surface area contributed by atoms with Crippen molar-refractivity contribution in [1.82, 2.24) is 5.32 Å². The first-order valence-corrected chi connectivity index (χ1v) is 7.41. The molecule has 1 aromatic carbocycles. The van der Waals surface area contributed by atoms with Crippen LogP contribution in [0.4, 0.5) is 0 Å². The van der Waals surface area contributed by atoms with Gasteiger partial charge in [0.05, 0.1) is 5.41 Å². The second-order valence-electron chi connectivity index (χ2n) is 6.54. The fraction of sp³-hybridized carbons (Fsp3) is 0.529. The Morgan fingerprint density at radius 2 is 1.86 bits per heavy atom. The van der Waals surface area contributed by atoms with Gasteiger partial charge < -0.3 is 10.4 Å². The van der Waals surface area contributed by atoms with Gasteiger partial charge in [-0.1, -0.05) is 42.7 Å². The molecule has 114 valence electrons. The van der Waals surface area contributed by atoms with Gasteiger partial charge in [0.15, 0.2) is 0 Å². The average molecular weight is 289 g/mol. The number of carboxylic acids is 1. The number of amides is 1. The molecule has 0 unspecified atom stereocenters. The Balaban J connectivity index is 2.24. The average Bonchev–Trinajstić information content (AvgIpc) is 2.88. The van der Waals surface area contributed by atoms with Crippen LogP contribution in [0.15, 0.2) is 24.3 Å². The number of nitrogens with one attached hydrogen (secondary N) is 1. The molecule has 2 rings (SSSR count). The maximum Gasteiger partial charge on any atom is 0.329 e. The summed E-state index contributed by atoms with van der Waals surface area (Å²) in [5.41, 5.74) is 0.149. The Labute approximate surface area is 125 Å². The monoisotopic (exact) mass is 289 g/mol. The number of rotatable bonds is 4. The number of hydrogen-bond donors (Lipinski definition) is 2. The number of carbonyl (C=O) groups is 2. The molecule has 0 atom stereocenters. The molecule has 1 fully saturated rings. The zero-order chi connectivity index (χ0) is 15.7. The molecule has 21 heavy (non-hydrogen) atoms. The zero-order valence-corrected chi connectivity index (χ0v) is 12.9. The fourth-order valence-electron chi connectivity index (χ4n) is 2.91. The third-order valence-corrected chi connectivity index (χ3v) is 4.53. The highest BCUT2D eigenvalue weighted by Crippen LogP contribution is 2.32. The minimum absolute atomic E-state index is 0.225. The molecule has 1 aliphatic rings. The standard InChI is InChI=1S/C17H23NO3/c1-12-7-6-8-13(11-12)16(2,3)14(19)18-17(15(20)21)9-4-5-10-17/h6-8,11H,4-5,9-10H2,1-3H3,(H,18,19)(H,20,21). The van der Waals surface area contributed by atoms with Crippen molar-refractivity contribution < 1.29 is 14.7 Å². The number of hydrogen-bond acceptors (Lipinski definition) is 2. The number of benzene rings is 1. The van der Waals surface area contributed by atoms with Crippen LogP contribution in [0.5, 0.6) is 0 Å². The van der Waals surface area contributed by atoms with Gasteiger partial charge in [-0.05, 0) is 39.2 Å². The molecule has 0 radical (unpaired) electrons. The van der Waals surface area contributed by atoms with E-state index in [1.54, 1.807) is 0 Å². The predicted octanol–water partition coefficient (Wildman–Crippen LogP) is 2.79. The summed E-state index contributed by atoms with van der Waals surface area (Å²) < 4.78 is 0. The first kappa shape index (κ1) is 15.5. The van der Waals surface area contributed by atoms with Gasteiger partial charge in [0.1, 0.15) is 5.54 Å². The Kier molecular flexibility index (Phi) is 4.08. The van der Waals surface area contributed by atoms with Crippen molar-refractivity contribution in [2.24, 2.45) is 0 Å². The minimum atomic E-state index is -1.09. The van der Waals surface area contributed by atoms with Crippen LogP contribution in [0.25, 0.3) is 0 Å². The van der Waals surface area contributed by atoms with Crippen LogP contribution in [-0.2, 0) is 15.0 Å². The summed E-state index contributed by atoms with van der Waals surface area (Å²) in [6.07, 6.45) is 2.71. The Morgan fingerprint density at radius 3 is 2.38 bits per heavy atom. The van der Waals surface area contributed by atoms with E-state index in [0.717, 1.165) is 24.0 Å². The normalized spacial score (nSPS) is 17.5. The largest absolute Gasteiger partial charge is 0.480 e. The molecule has 1 saturated carbocycles. The lowest BCUT2D eigenvalue weighted by Gasteiger charge is -2.32. The van der Waals surface area contributed by atoms with Crippen molar-refractivity contribution in [3.63, 3.8) is 0 Å². The van der Waals surface area contributed by atoms with E-state index in [4.69, 9.17) is 0 Å². The molecule has 0 saturated heterocycles. The van der Waals surface area contributed by atoms with Crippen LogP contribution in [0.1, 0.15) is 50.7 Å². The predicted molar refractivity (Wildman–Crippen MR) is 81.2 cm³/mol. The highest BCUT2D eigenvalue weighted by atomic mass is 16.4. The number of carboxylic acid groups (broad SMARTS) is 1. The summed E-state index contributed by atoms with van der Waals surface area (Å²) >= 11 is 0. The quantitative estimate of drug-likeness (QED) is 0.895. The highest BCUT2D eigenvalue weighted by Gasteiger charge is 2.45. The summed E-state index contributed by atoms with van der Waals surface area (Å²) in [7, 11) is 0. The van der Waals surface area contributed by atoms with Crippen LogP contribution < -0.4 is 5.32 Å². The van der Waals surface area contributed by atoms with Gasteiger partial charge in [0.25, 0.3) is 0 Å². The molecule has 0 heterocycles. The third-order valence-electron chi connectivity index (χ3n) is 4.53. The Hall–Kier alpha value is -1.84. The van der Waals surface area contributed by atoms with Crippen molar-refractivity contribution >= 4 is 11.9 Å². The first-order chi connectivity index (χ1) is 9.78. The second kappa shape index (κ2) is 5.51. The molecule has 1 amide bonds. The van der Waals surface area contributed by atoms with Gasteiger partial charge in [0.2, 0.25) is 5.91 Å². The lowest BCUT2D eigenvalue weighted by Crippen LogP contribution is -2.56.